The van der Waals surface area contributed by atoms with Crippen molar-refractivity contribution in [2.45, 2.75) is 6.92 Å². The molecule has 0 unspecified atom stereocenters. The molecule has 0 saturated carbocycles. The van der Waals surface area contributed by atoms with Gasteiger partial charge in [-0.05, 0) is 25.6 Å². The largest absolute Gasteiger partial charge is 0.397 e. The van der Waals surface area contributed by atoms with Gasteiger partial charge in [-0.15, -0.1) is 0 Å². The number of likely N-dealkylation sites (N-methyl/N-ethyl adjacent to an activating group) is 1. The summed E-state index contributed by atoms with van der Waals surface area (Å²) in [5.41, 5.74) is 7.60. The zero-order valence-corrected chi connectivity index (χ0v) is 9.40. The van der Waals surface area contributed by atoms with Crippen LogP contribution in [0.25, 0.3) is 0 Å². The number of nitrogens with two attached hydrogens (primary N) is 1. The Bertz CT molecular complexity index is 342. The van der Waals surface area contributed by atoms with Gasteiger partial charge in [0.2, 0.25) is 0 Å². The molecule has 2 N–H and O–H groups in total. The van der Waals surface area contributed by atoms with Crippen LogP contribution in [-0.4, -0.2) is 43.1 Å². The molecule has 0 aromatic carbocycles. The Morgan fingerprint density at radius 3 is 2.53 bits per heavy atom. The SMILES string of the molecule is Cc1cc(N)cnc1N1CCN(C)CC1. The molecule has 82 valence electrons. The summed E-state index contributed by atoms with van der Waals surface area (Å²) in [6.45, 7) is 6.37. The van der Waals surface area contributed by atoms with E-state index in [0.29, 0.717) is 0 Å². The quantitative estimate of drug-likeness (QED) is 0.735. The van der Waals surface area contributed by atoms with Gasteiger partial charge in [0, 0.05) is 26.2 Å². The van der Waals surface area contributed by atoms with Gasteiger partial charge in [0.1, 0.15) is 5.82 Å². The average Bonchev–Trinajstić information content (AvgIpc) is 2.20. The van der Waals surface area contributed by atoms with E-state index in [0.717, 1.165) is 37.7 Å². The zero-order valence-electron chi connectivity index (χ0n) is 9.40. The standard InChI is InChI=1S/C11H18N4/c1-9-7-10(12)8-13-11(9)15-5-3-14(2)4-6-15/h7-8H,3-6,12H2,1-2H3. The van der Waals surface area contributed by atoms with Gasteiger partial charge in [0.25, 0.3) is 0 Å². The lowest BCUT2D eigenvalue weighted by Gasteiger charge is -2.34. The van der Waals surface area contributed by atoms with E-state index in [1.807, 2.05) is 6.07 Å². The molecule has 15 heavy (non-hydrogen) atoms. The maximum absolute atomic E-state index is 5.69. The molecule has 2 heterocycles. The van der Waals surface area contributed by atoms with Crippen LogP contribution in [0.2, 0.25) is 0 Å². The highest BCUT2D eigenvalue weighted by molar-refractivity contribution is 5.52. The van der Waals surface area contributed by atoms with Gasteiger partial charge in [-0.1, -0.05) is 0 Å². The van der Waals surface area contributed by atoms with E-state index in [1.165, 1.54) is 5.56 Å². The van der Waals surface area contributed by atoms with Gasteiger partial charge in [0.05, 0.1) is 11.9 Å². The Labute approximate surface area is 90.7 Å². The van der Waals surface area contributed by atoms with Gasteiger partial charge in [-0.25, -0.2) is 4.98 Å². The number of piperazine rings is 1. The lowest BCUT2D eigenvalue weighted by Crippen LogP contribution is -2.45. The summed E-state index contributed by atoms with van der Waals surface area (Å²) in [7, 11) is 2.15. The Kier molecular flexibility index (Phi) is 2.77. The van der Waals surface area contributed by atoms with Crippen LogP contribution < -0.4 is 10.6 Å². The summed E-state index contributed by atoms with van der Waals surface area (Å²) in [6, 6.07) is 1.99. The van der Waals surface area contributed by atoms with Crippen molar-refractivity contribution >= 4 is 11.5 Å². The molecule has 1 aliphatic heterocycles. The van der Waals surface area contributed by atoms with Crippen LogP contribution in [0.4, 0.5) is 11.5 Å². The fourth-order valence-corrected chi connectivity index (χ4v) is 1.94. The summed E-state index contributed by atoms with van der Waals surface area (Å²) < 4.78 is 0. The maximum atomic E-state index is 5.69. The second-order valence-electron chi connectivity index (χ2n) is 4.20. The predicted octanol–water partition coefficient (Wildman–Crippen LogP) is 0.724. The number of aryl methyl sites for hydroxylation is 1. The molecule has 1 aromatic rings. The first kappa shape index (κ1) is 10.2. The van der Waals surface area contributed by atoms with Gasteiger partial charge in [-0.2, -0.15) is 0 Å². The minimum atomic E-state index is 0.741. The second kappa shape index (κ2) is 4.06. The summed E-state index contributed by atoms with van der Waals surface area (Å²) in [4.78, 5) is 9.07. The normalized spacial score (nSPS) is 18.1. The monoisotopic (exact) mass is 206 g/mol. The predicted molar refractivity (Wildman–Crippen MR) is 63.1 cm³/mol. The zero-order chi connectivity index (χ0) is 10.8. The molecule has 4 nitrogen and oxygen atoms in total. The van der Waals surface area contributed by atoms with E-state index in [1.54, 1.807) is 6.20 Å². The first-order chi connectivity index (χ1) is 7.16. The van der Waals surface area contributed by atoms with Gasteiger partial charge >= 0.3 is 0 Å². The summed E-state index contributed by atoms with van der Waals surface area (Å²) in [5, 5.41) is 0. The molecule has 0 amide bonds. The molecular formula is C11H18N4. The Balaban J connectivity index is 2.15. The van der Waals surface area contributed by atoms with E-state index in [9.17, 15) is 0 Å². The van der Waals surface area contributed by atoms with Crippen molar-refractivity contribution in [3.8, 4) is 0 Å². The summed E-state index contributed by atoms with van der Waals surface area (Å²) in [6.07, 6.45) is 1.74. The molecule has 0 atom stereocenters. The lowest BCUT2D eigenvalue weighted by atomic mass is 10.2. The van der Waals surface area contributed by atoms with Crippen LogP contribution >= 0.6 is 0 Å². The van der Waals surface area contributed by atoms with Crippen molar-refractivity contribution in [1.82, 2.24) is 9.88 Å². The average molecular weight is 206 g/mol. The topological polar surface area (TPSA) is 45.4 Å². The fourth-order valence-electron chi connectivity index (χ4n) is 1.94. The molecule has 0 bridgehead atoms. The Morgan fingerprint density at radius 1 is 1.27 bits per heavy atom. The maximum Gasteiger partial charge on any atom is 0.131 e. The molecule has 1 fully saturated rings. The van der Waals surface area contributed by atoms with Crippen molar-refractivity contribution < 1.29 is 0 Å². The van der Waals surface area contributed by atoms with Crippen LogP contribution in [-0.2, 0) is 0 Å². The second-order valence-corrected chi connectivity index (χ2v) is 4.20. The highest BCUT2D eigenvalue weighted by atomic mass is 15.3. The highest BCUT2D eigenvalue weighted by Crippen LogP contribution is 2.19. The van der Waals surface area contributed by atoms with Crippen molar-refractivity contribution in [2.24, 2.45) is 0 Å². The van der Waals surface area contributed by atoms with Crippen LogP contribution in [0, 0.1) is 6.92 Å². The molecule has 2 rings (SSSR count). The molecule has 1 aromatic heterocycles. The van der Waals surface area contributed by atoms with E-state index in [-0.39, 0.29) is 0 Å². The van der Waals surface area contributed by atoms with Crippen molar-refractivity contribution in [3.05, 3.63) is 17.8 Å². The van der Waals surface area contributed by atoms with Gasteiger partial charge in [-0.3, -0.25) is 0 Å². The summed E-state index contributed by atoms with van der Waals surface area (Å²) in [5.74, 6) is 1.08. The third-order valence-electron chi connectivity index (χ3n) is 2.87. The van der Waals surface area contributed by atoms with E-state index in [4.69, 9.17) is 5.73 Å². The van der Waals surface area contributed by atoms with Crippen molar-refractivity contribution in [3.63, 3.8) is 0 Å². The first-order valence-electron chi connectivity index (χ1n) is 5.32. The van der Waals surface area contributed by atoms with Crippen molar-refractivity contribution in [1.29, 1.82) is 0 Å². The fraction of sp³-hybridized carbons (Fsp3) is 0.545. The molecular weight excluding hydrogens is 188 g/mol. The number of anilines is 2. The van der Waals surface area contributed by atoms with Gasteiger partial charge < -0.3 is 15.5 Å². The van der Waals surface area contributed by atoms with Crippen LogP contribution in [0.3, 0.4) is 0 Å². The number of hydrogen-bond acceptors (Lipinski definition) is 4. The number of hydrogen-bond donors (Lipinski definition) is 1. The number of pyridine rings is 1. The molecule has 0 aliphatic carbocycles. The first-order valence-corrected chi connectivity index (χ1v) is 5.32. The number of nitrogen functional groups attached to an aromatic ring is 1. The Morgan fingerprint density at radius 2 is 1.93 bits per heavy atom. The van der Waals surface area contributed by atoms with E-state index >= 15 is 0 Å². The van der Waals surface area contributed by atoms with Crippen LogP contribution in [0.15, 0.2) is 12.3 Å². The molecule has 1 saturated heterocycles. The minimum absolute atomic E-state index is 0.741. The third-order valence-corrected chi connectivity index (χ3v) is 2.87. The molecule has 0 radical (unpaired) electrons. The van der Waals surface area contributed by atoms with Crippen LogP contribution in [0.1, 0.15) is 5.56 Å². The number of nitrogens with zero attached hydrogens (tertiary/aromatic N) is 3. The molecule has 4 heteroatoms. The highest BCUT2D eigenvalue weighted by Gasteiger charge is 2.16. The third kappa shape index (κ3) is 2.21. The van der Waals surface area contributed by atoms with E-state index in [2.05, 4.69) is 28.8 Å². The Hall–Kier alpha value is -1.29. The smallest absolute Gasteiger partial charge is 0.131 e. The van der Waals surface area contributed by atoms with E-state index < -0.39 is 0 Å². The molecule has 0 spiro atoms. The lowest BCUT2D eigenvalue weighted by molar-refractivity contribution is 0.312. The van der Waals surface area contributed by atoms with Crippen molar-refractivity contribution in [2.75, 3.05) is 43.9 Å². The summed E-state index contributed by atoms with van der Waals surface area (Å²) >= 11 is 0. The van der Waals surface area contributed by atoms with Crippen LogP contribution in [0.5, 0.6) is 0 Å². The number of rotatable bonds is 1. The minimum Gasteiger partial charge on any atom is -0.397 e. The number of aromatic nitrogens is 1. The molecule has 1 aliphatic rings. The van der Waals surface area contributed by atoms with Gasteiger partial charge in [0.15, 0.2) is 0 Å².